The molecule has 0 spiro atoms. The Morgan fingerprint density at radius 3 is 2.15 bits per heavy atom. The smallest absolute Gasteiger partial charge is 0.258 e. The highest BCUT2D eigenvalue weighted by atomic mass is 16.2. The van der Waals surface area contributed by atoms with Crippen LogP contribution in [0.2, 0.25) is 0 Å². The van der Waals surface area contributed by atoms with E-state index in [1.54, 1.807) is 24.1 Å². The Labute approximate surface area is 119 Å². The zero-order valence-corrected chi connectivity index (χ0v) is 12.0. The number of nitrogens with zero attached hydrogens (tertiary/aromatic N) is 2. The van der Waals surface area contributed by atoms with Gasteiger partial charge in [0.1, 0.15) is 0 Å². The molecule has 0 radical (unpaired) electrons. The largest absolute Gasteiger partial charge is 0.399 e. The van der Waals surface area contributed by atoms with Gasteiger partial charge in [-0.25, -0.2) is 0 Å². The van der Waals surface area contributed by atoms with Gasteiger partial charge in [0.05, 0.1) is 0 Å². The maximum Gasteiger partial charge on any atom is 0.258 e. The number of carbonyl (C=O) groups is 1. The van der Waals surface area contributed by atoms with Crippen molar-refractivity contribution in [3.8, 4) is 0 Å². The van der Waals surface area contributed by atoms with Crippen LogP contribution < -0.4 is 15.5 Å². The molecule has 2 aromatic carbocycles. The lowest BCUT2D eigenvalue weighted by molar-refractivity contribution is 0.0993. The number of rotatable bonds is 3. The van der Waals surface area contributed by atoms with Gasteiger partial charge in [-0.05, 0) is 42.5 Å². The molecule has 0 bridgehead atoms. The van der Waals surface area contributed by atoms with E-state index in [-0.39, 0.29) is 5.91 Å². The van der Waals surface area contributed by atoms with Crippen molar-refractivity contribution in [2.24, 2.45) is 0 Å². The summed E-state index contributed by atoms with van der Waals surface area (Å²) in [5.74, 6) is -0.0547. The van der Waals surface area contributed by atoms with E-state index < -0.39 is 0 Å². The van der Waals surface area contributed by atoms with Crippen molar-refractivity contribution in [1.82, 2.24) is 0 Å². The molecule has 0 saturated carbocycles. The fourth-order valence-electron chi connectivity index (χ4n) is 1.95. The fourth-order valence-corrected chi connectivity index (χ4v) is 1.95. The second-order valence-electron chi connectivity index (χ2n) is 4.90. The van der Waals surface area contributed by atoms with Crippen molar-refractivity contribution in [2.45, 2.75) is 0 Å². The molecule has 0 aliphatic rings. The van der Waals surface area contributed by atoms with Gasteiger partial charge in [-0.3, -0.25) is 4.79 Å². The molecule has 0 atom stereocenters. The second kappa shape index (κ2) is 5.65. The Morgan fingerprint density at radius 2 is 1.60 bits per heavy atom. The predicted molar refractivity (Wildman–Crippen MR) is 84.4 cm³/mol. The van der Waals surface area contributed by atoms with Crippen LogP contribution in [-0.2, 0) is 0 Å². The van der Waals surface area contributed by atoms with Gasteiger partial charge in [-0.15, -0.1) is 0 Å². The minimum atomic E-state index is -0.0547. The van der Waals surface area contributed by atoms with E-state index in [1.165, 1.54) is 0 Å². The molecule has 0 unspecified atom stereocenters. The predicted octanol–water partition coefficient (Wildman–Crippen LogP) is 2.61. The van der Waals surface area contributed by atoms with Crippen molar-refractivity contribution in [1.29, 1.82) is 0 Å². The molecule has 0 saturated heterocycles. The normalized spacial score (nSPS) is 10.2. The molecule has 0 fully saturated rings. The van der Waals surface area contributed by atoms with Crippen LogP contribution in [0.15, 0.2) is 48.5 Å². The Morgan fingerprint density at radius 1 is 0.950 bits per heavy atom. The van der Waals surface area contributed by atoms with Crippen LogP contribution in [-0.4, -0.2) is 27.1 Å². The molecule has 2 aromatic rings. The van der Waals surface area contributed by atoms with Gasteiger partial charge in [-0.2, -0.15) is 0 Å². The third kappa shape index (κ3) is 2.91. The molecule has 0 aromatic heterocycles. The minimum absolute atomic E-state index is 0.0547. The van der Waals surface area contributed by atoms with E-state index in [0.29, 0.717) is 11.3 Å². The van der Waals surface area contributed by atoms with Crippen LogP contribution in [0.5, 0.6) is 0 Å². The van der Waals surface area contributed by atoms with Gasteiger partial charge in [0, 0.05) is 43.8 Å². The minimum Gasteiger partial charge on any atom is -0.399 e. The molecular weight excluding hydrogens is 250 g/mol. The number of anilines is 3. The average molecular weight is 269 g/mol. The maximum absolute atomic E-state index is 12.4. The summed E-state index contributed by atoms with van der Waals surface area (Å²) in [5, 5.41) is 0. The molecule has 2 N–H and O–H groups in total. The summed E-state index contributed by atoms with van der Waals surface area (Å²) in [7, 11) is 5.68. The Hall–Kier alpha value is -2.49. The molecule has 0 aliphatic heterocycles. The zero-order valence-electron chi connectivity index (χ0n) is 12.0. The number of nitrogen functional groups attached to an aromatic ring is 1. The molecule has 4 heteroatoms. The first-order valence-electron chi connectivity index (χ1n) is 6.40. The van der Waals surface area contributed by atoms with Crippen molar-refractivity contribution < 1.29 is 4.79 Å². The van der Waals surface area contributed by atoms with E-state index in [4.69, 9.17) is 5.73 Å². The summed E-state index contributed by atoms with van der Waals surface area (Å²) in [6.07, 6.45) is 0. The third-order valence-electron chi connectivity index (χ3n) is 3.19. The summed E-state index contributed by atoms with van der Waals surface area (Å²) >= 11 is 0. The summed E-state index contributed by atoms with van der Waals surface area (Å²) in [4.78, 5) is 16.0. The molecular formula is C16H19N3O. The summed E-state index contributed by atoms with van der Waals surface area (Å²) in [5.41, 5.74) is 8.89. The van der Waals surface area contributed by atoms with Crippen molar-refractivity contribution in [2.75, 3.05) is 36.7 Å². The summed E-state index contributed by atoms with van der Waals surface area (Å²) < 4.78 is 0. The SMILES string of the molecule is CN(C)c1ccc(C(=O)N(C)c2cccc(N)c2)cc1. The first-order chi connectivity index (χ1) is 9.49. The van der Waals surface area contributed by atoms with E-state index in [0.717, 1.165) is 11.4 Å². The van der Waals surface area contributed by atoms with E-state index in [1.807, 2.05) is 55.4 Å². The highest BCUT2D eigenvalue weighted by molar-refractivity contribution is 6.06. The van der Waals surface area contributed by atoms with Crippen LogP contribution >= 0.6 is 0 Å². The maximum atomic E-state index is 12.4. The van der Waals surface area contributed by atoms with Crippen molar-refractivity contribution >= 4 is 23.0 Å². The number of nitrogens with two attached hydrogens (primary N) is 1. The lowest BCUT2D eigenvalue weighted by Gasteiger charge is -2.18. The molecule has 104 valence electrons. The first kappa shape index (κ1) is 13.9. The Kier molecular flexibility index (Phi) is 3.94. The number of benzene rings is 2. The lowest BCUT2D eigenvalue weighted by Crippen LogP contribution is -2.26. The molecule has 0 aliphatic carbocycles. The number of hydrogen-bond acceptors (Lipinski definition) is 3. The topological polar surface area (TPSA) is 49.6 Å². The van der Waals surface area contributed by atoms with Gasteiger partial charge in [0.25, 0.3) is 5.91 Å². The van der Waals surface area contributed by atoms with E-state index in [9.17, 15) is 4.79 Å². The molecule has 1 amide bonds. The average Bonchev–Trinajstić information content (AvgIpc) is 2.46. The van der Waals surface area contributed by atoms with Crippen LogP contribution in [0.3, 0.4) is 0 Å². The van der Waals surface area contributed by atoms with Crippen LogP contribution in [0, 0.1) is 0 Å². The van der Waals surface area contributed by atoms with E-state index in [2.05, 4.69) is 0 Å². The van der Waals surface area contributed by atoms with Crippen molar-refractivity contribution in [3.63, 3.8) is 0 Å². The van der Waals surface area contributed by atoms with Gasteiger partial charge in [0.2, 0.25) is 0 Å². The van der Waals surface area contributed by atoms with Gasteiger partial charge >= 0.3 is 0 Å². The quantitative estimate of drug-likeness (QED) is 0.871. The van der Waals surface area contributed by atoms with Gasteiger partial charge in [0.15, 0.2) is 0 Å². The number of carbonyl (C=O) groups excluding carboxylic acids is 1. The summed E-state index contributed by atoms with van der Waals surface area (Å²) in [6.45, 7) is 0. The highest BCUT2D eigenvalue weighted by Crippen LogP contribution is 2.19. The standard InChI is InChI=1S/C16H19N3O/c1-18(2)14-9-7-12(8-10-14)16(20)19(3)15-6-4-5-13(17)11-15/h4-11H,17H2,1-3H3. The summed E-state index contributed by atoms with van der Waals surface area (Å²) in [6, 6.07) is 14.8. The molecule has 2 rings (SSSR count). The number of amides is 1. The van der Waals surface area contributed by atoms with Gasteiger partial charge < -0.3 is 15.5 Å². The van der Waals surface area contributed by atoms with Crippen LogP contribution in [0.1, 0.15) is 10.4 Å². The van der Waals surface area contributed by atoms with Crippen LogP contribution in [0.4, 0.5) is 17.1 Å². The molecule has 0 heterocycles. The zero-order chi connectivity index (χ0) is 14.7. The van der Waals surface area contributed by atoms with Crippen LogP contribution in [0.25, 0.3) is 0 Å². The Bertz CT molecular complexity index is 605. The molecule has 20 heavy (non-hydrogen) atoms. The second-order valence-corrected chi connectivity index (χ2v) is 4.90. The number of hydrogen-bond donors (Lipinski definition) is 1. The monoisotopic (exact) mass is 269 g/mol. The first-order valence-corrected chi connectivity index (χ1v) is 6.40. The third-order valence-corrected chi connectivity index (χ3v) is 3.19. The highest BCUT2D eigenvalue weighted by Gasteiger charge is 2.13. The van der Waals surface area contributed by atoms with Gasteiger partial charge in [-0.1, -0.05) is 6.07 Å². The molecule has 4 nitrogen and oxygen atoms in total. The fraction of sp³-hybridized carbons (Fsp3) is 0.188. The lowest BCUT2D eigenvalue weighted by atomic mass is 10.1. The van der Waals surface area contributed by atoms with Crippen molar-refractivity contribution in [3.05, 3.63) is 54.1 Å². The van der Waals surface area contributed by atoms with E-state index >= 15 is 0 Å². The Balaban J connectivity index is 2.22.